The molecule has 0 aliphatic carbocycles. The molecule has 2 aromatic carbocycles. The van der Waals surface area contributed by atoms with Gasteiger partial charge in [0.1, 0.15) is 0 Å². The number of anilines is 1. The van der Waals surface area contributed by atoms with Crippen molar-refractivity contribution < 1.29 is 19.1 Å². The molecule has 0 radical (unpaired) electrons. The highest BCUT2D eigenvalue weighted by Crippen LogP contribution is 2.37. The molecule has 7 nitrogen and oxygen atoms in total. The predicted octanol–water partition coefficient (Wildman–Crippen LogP) is 3.56. The summed E-state index contributed by atoms with van der Waals surface area (Å²) in [6, 6.07) is 13.7. The van der Waals surface area contributed by atoms with Crippen LogP contribution in [0, 0.1) is 12.8 Å². The Labute approximate surface area is 190 Å². The number of aryl methyl sites for hydroxylation is 1. The molecule has 5 rings (SSSR count). The van der Waals surface area contributed by atoms with E-state index in [9.17, 15) is 9.59 Å². The van der Waals surface area contributed by atoms with Crippen molar-refractivity contribution >= 4 is 28.8 Å². The van der Waals surface area contributed by atoms with E-state index in [0.717, 1.165) is 33.9 Å². The Morgan fingerprint density at radius 1 is 1.19 bits per heavy atom. The summed E-state index contributed by atoms with van der Waals surface area (Å²) >= 11 is 1.64. The third kappa shape index (κ3) is 4.18. The zero-order chi connectivity index (χ0) is 22.1. The maximum Gasteiger partial charge on any atom is 0.231 e. The van der Waals surface area contributed by atoms with Gasteiger partial charge in [0.25, 0.3) is 0 Å². The topological polar surface area (TPSA) is 80.8 Å². The summed E-state index contributed by atoms with van der Waals surface area (Å²) in [5.41, 5.74) is 3.95. The van der Waals surface area contributed by atoms with E-state index in [1.54, 1.807) is 28.4 Å². The van der Waals surface area contributed by atoms with Crippen LogP contribution in [0.5, 0.6) is 11.5 Å². The number of benzene rings is 2. The van der Waals surface area contributed by atoms with Crippen molar-refractivity contribution in [1.82, 2.24) is 10.3 Å². The van der Waals surface area contributed by atoms with Gasteiger partial charge in [-0.15, -0.1) is 11.3 Å². The van der Waals surface area contributed by atoms with Gasteiger partial charge in [-0.2, -0.15) is 0 Å². The summed E-state index contributed by atoms with van der Waals surface area (Å²) in [6.07, 6.45) is 0.941. The Morgan fingerprint density at radius 2 is 2.00 bits per heavy atom. The number of fused-ring (bicyclic) bond motifs is 1. The summed E-state index contributed by atoms with van der Waals surface area (Å²) in [5, 5.41) is 6.09. The van der Waals surface area contributed by atoms with E-state index >= 15 is 0 Å². The second-order valence-electron chi connectivity index (χ2n) is 7.93. The van der Waals surface area contributed by atoms with E-state index in [4.69, 9.17) is 9.47 Å². The number of carbonyl (C=O) groups excluding carboxylic acids is 2. The molecule has 0 spiro atoms. The van der Waals surface area contributed by atoms with Crippen LogP contribution in [0.3, 0.4) is 0 Å². The number of hydrogen-bond acceptors (Lipinski definition) is 6. The summed E-state index contributed by atoms with van der Waals surface area (Å²) < 4.78 is 10.7. The lowest BCUT2D eigenvalue weighted by atomic mass is 10.1. The molecule has 8 heteroatoms. The normalized spacial score (nSPS) is 17.1. The predicted molar refractivity (Wildman–Crippen MR) is 122 cm³/mol. The highest BCUT2D eigenvalue weighted by molar-refractivity contribution is 7.09. The van der Waals surface area contributed by atoms with Crippen LogP contribution in [-0.2, 0) is 16.0 Å². The molecular formula is C24H23N3O4S. The van der Waals surface area contributed by atoms with Crippen LogP contribution in [0.15, 0.2) is 47.8 Å². The molecule has 2 aliphatic heterocycles. The van der Waals surface area contributed by atoms with Gasteiger partial charge < -0.3 is 19.7 Å². The number of ether oxygens (including phenoxy) is 2. The minimum atomic E-state index is -0.358. The Bertz CT molecular complexity index is 1160. The van der Waals surface area contributed by atoms with Crippen molar-refractivity contribution in [2.75, 3.05) is 24.8 Å². The van der Waals surface area contributed by atoms with E-state index in [1.165, 1.54) is 0 Å². The monoisotopic (exact) mass is 449 g/mol. The van der Waals surface area contributed by atoms with Gasteiger partial charge in [0.05, 0.1) is 16.6 Å². The first-order valence-corrected chi connectivity index (χ1v) is 11.4. The number of nitrogens with zero attached hydrogens (tertiary/aromatic N) is 2. The van der Waals surface area contributed by atoms with E-state index in [-0.39, 0.29) is 30.9 Å². The first kappa shape index (κ1) is 20.5. The first-order valence-electron chi connectivity index (χ1n) is 10.6. The maximum absolute atomic E-state index is 12.6. The van der Waals surface area contributed by atoms with Gasteiger partial charge in [-0.1, -0.05) is 24.3 Å². The lowest BCUT2D eigenvalue weighted by Gasteiger charge is -2.17. The number of amides is 2. The summed E-state index contributed by atoms with van der Waals surface area (Å²) in [4.78, 5) is 31.3. The smallest absolute Gasteiger partial charge is 0.231 e. The molecule has 1 saturated heterocycles. The molecule has 0 saturated carbocycles. The summed E-state index contributed by atoms with van der Waals surface area (Å²) in [6.45, 7) is 3.08. The molecule has 1 fully saturated rings. The molecule has 1 aromatic heterocycles. The largest absolute Gasteiger partial charge is 0.454 e. The number of rotatable bonds is 6. The van der Waals surface area contributed by atoms with Crippen molar-refractivity contribution in [3.63, 3.8) is 0 Å². The zero-order valence-corrected chi connectivity index (χ0v) is 18.5. The number of hydrogen-bond donors (Lipinski definition) is 1. The Hall–Kier alpha value is -3.39. The molecule has 1 N–H and O–H groups in total. The fraction of sp³-hybridized carbons (Fsp3) is 0.292. The molecule has 3 aromatic rings. The van der Waals surface area contributed by atoms with Crippen molar-refractivity contribution in [3.05, 3.63) is 58.4 Å². The van der Waals surface area contributed by atoms with Crippen LogP contribution in [0.4, 0.5) is 5.69 Å². The van der Waals surface area contributed by atoms with Gasteiger partial charge in [0, 0.05) is 42.2 Å². The number of thiazole rings is 1. The van der Waals surface area contributed by atoms with Gasteiger partial charge in [0.2, 0.25) is 18.6 Å². The highest BCUT2D eigenvalue weighted by Gasteiger charge is 2.35. The Balaban J connectivity index is 1.13. The SMILES string of the molecule is Cc1nc(-c2ccc(CCNC(=O)C3CC(=O)N(c4ccc5c(c4)OCO5)C3)cc2)cs1. The third-order valence-electron chi connectivity index (χ3n) is 5.75. The van der Waals surface area contributed by atoms with Gasteiger partial charge in [-0.3, -0.25) is 9.59 Å². The third-order valence-corrected chi connectivity index (χ3v) is 6.52. The Morgan fingerprint density at radius 3 is 2.78 bits per heavy atom. The molecular weight excluding hydrogens is 426 g/mol. The van der Waals surface area contributed by atoms with Gasteiger partial charge in [-0.25, -0.2) is 4.98 Å². The van der Waals surface area contributed by atoms with Crippen LogP contribution < -0.4 is 19.7 Å². The lowest BCUT2D eigenvalue weighted by Crippen LogP contribution is -2.34. The fourth-order valence-corrected chi connectivity index (χ4v) is 4.62. The summed E-state index contributed by atoms with van der Waals surface area (Å²) in [5.74, 6) is 0.791. The molecule has 1 atom stereocenters. The van der Waals surface area contributed by atoms with Gasteiger partial charge in [-0.05, 0) is 31.0 Å². The lowest BCUT2D eigenvalue weighted by molar-refractivity contribution is -0.126. The van der Waals surface area contributed by atoms with Crippen LogP contribution in [0.2, 0.25) is 0 Å². The molecule has 0 bridgehead atoms. The molecule has 2 amide bonds. The standard InChI is InChI=1S/C24H23N3O4S/c1-15-26-20(13-32-15)17-4-2-16(3-5-17)8-9-25-24(29)18-10-23(28)27(12-18)19-6-7-21-22(11-19)31-14-30-21/h2-7,11,13,18H,8-10,12,14H2,1H3,(H,25,29). The van der Waals surface area contributed by atoms with E-state index in [1.807, 2.05) is 13.0 Å². The van der Waals surface area contributed by atoms with Crippen LogP contribution in [0.25, 0.3) is 11.3 Å². The highest BCUT2D eigenvalue weighted by atomic mass is 32.1. The van der Waals surface area contributed by atoms with E-state index in [0.29, 0.717) is 24.6 Å². The molecule has 32 heavy (non-hydrogen) atoms. The van der Waals surface area contributed by atoms with Crippen molar-refractivity contribution in [2.45, 2.75) is 19.8 Å². The number of carbonyl (C=O) groups is 2. The second kappa shape index (κ2) is 8.63. The van der Waals surface area contributed by atoms with Crippen molar-refractivity contribution in [3.8, 4) is 22.8 Å². The maximum atomic E-state index is 12.6. The minimum absolute atomic E-state index is 0.0584. The van der Waals surface area contributed by atoms with E-state index < -0.39 is 0 Å². The molecule has 164 valence electrons. The Kier molecular flexibility index (Phi) is 5.53. The summed E-state index contributed by atoms with van der Waals surface area (Å²) in [7, 11) is 0. The first-order chi connectivity index (χ1) is 15.6. The number of nitrogens with one attached hydrogen (secondary N) is 1. The molecule has 2 aliphatic rings. The van der Waals surface area contributed by atoms with Crippen LogP contribution in [0.1, 0.15) is 17.0 Å². The minimum Gasteiger partial charge on any atom is -0.454 e. The quantitative estimate of drug-likeness (QED) is 0.622. The molecule has 3 heterocycles. The van der Waals surface area contributed by atoms with Crippen LogP contribution >= 0.6 is 11.3 Å². The average molecular weight is 450 g/mol. The van der Waals surface area contributed by atoms with E-state index in [2.05, 4.69) is 39.9 Å². The fourth-order valence-electron chi connectivity index (χ4n) is 4.00. The van der Waals surface area contributed by atoms with Crippen molar-refractivity contribution in [2.24, 2.45) is 5.92 Å². The van der Waals surface area contributed by atoms with Gasteiger partial charge >= 0.3 is 0 Å². The number of aromatic nitrogens is 1. The average Bonchev–Trinajstić information content (AvgIpc) is 3.53. The van der Waals surface area contributed by atoms with Crippen LogP contribution in [-0.4, -0.2) is 36.7 Å². The van der Waals surface area contributed by atoms with Crippen molar-refractivity contribution in [1.29, 1.82) is 0 Å². The zero-order valence-electron chi connectivity index (χ0n) is 17.7. The van der Waals surface area contributed by atoms with Gasteiger partial charge in [0.15, 0.2) is 11.5 Å². The molecule has 1 unspecified atom stereocenters. The second-order valence-corrected chi connectivity index (χ2v) is 8.99.